The van der Waals surface area contributed by atoms with Gasteiger partial charge >= 0.3 is 5.97 Å². The Kier molecular flexibility index (Phi) is 5.22. The van der Waals surface area contributed by atoms with E-state index in [9.17, 15) is 14.7 Å². The number of hydrogen-bond donors (Lipinski definition) is 2. The minimum Gasteiger partial charge on any atom is -0.479 e. The molecule has 1 unspecified atom stereocenters. The number of hydrogen-bond acceptors (Lipinski definition) is 3. The van der Waals surface area contributed by atoms with Gasteiger partial charge in [0.15, 0.2) is 6.04 Å². The van der Waals surface area contributed by atoms with Crippen LogP contribution in [-0.4, -0.2) is 17.0 Å². The van der Waals surface area contributed by atoms with Crippen molar-refractivity contribution in [1.29, 1.82) is 0 Å². The third-order valence-electron chi connectivity index (χ3n) is 3.19. The Morgan fingerprint density at radius 2 is 1.95 bits per heavy atom. The second-order valence-corrected chi connectivity index (χ2v) is 5.24. The molecule has 22 heavy (non-hydrogen) atoms. The predicted molar refractivity (Wildman–Crippen MR) is 82.0 cm³/mol. The maximum atomic E-state index is 12.3. The van der Waals surface area contributed by atoms with Crippen molar-refractivity contribution in [2.45, 2.75) is 25.8 Å². The van der Waals surface area contributed by atoms with Crippen LogP contribution in [0.1, 0.15) is 41.1 Å². The van der Waals surface area contributed by atoms with Gasteiger partial charge in [0.25, 0.3) is 5.91 Å². The van der Waals surface area contributed by atoms with Crippen LogP contribution < -0.4 is 5.32 Å². The van der Waals surface area contributed by atoms with Gasteiger partial charge in [0.2, 0.25) is 0 Å². The van der Waals surface area contributed by atoms with Gasteiger partial charge in [-0.15, -0.1) is 0 Å². The normalized spacial score (nSPS) is 11.9. The predicted octanol–water partition coefficient (Wildman–Crippen LogP) is 3.44. The van der Waals surface area contributed by atoms with Crippen molar-refractivity contribution in [3.63, 3.8) is 0 Å². The van der Waals surface area contributed by atoms with Gasteiger partial charge in [-0.3, -0.25) is 4.79 Å². The standard InChI is InChI=1S/C16H16ClNO4/c1-2-3-13-12(8-9-22-13)15(19)18-14(16(20)21)10-4-6-11(17)7-5-10/h4-9,14H,2-3H2,1H3,(H,18,19)(H,20,21). The summed E-state index contributed by atoms with van der Waals surface area (Å²) in [6.07, 6.45) is 2.87. The van der Waals surface area contributed by atoms with E-state index in [0.29, 0.717) is 28.3 Å². The minimum absolute atomic E-state index is 0.363. The van der Waals surface area contributed by atoms with E-state index in [1.165, 1.54) is 6.26 Å². The highest BCUT2D eigenvalue weighted by Crippen LogP contribution is 2.19. The molecule has 6 heteroatoms. The van der Waals surface area contributed by atoms with Crippen LogP contribution in [0.25, 0.3) is 0 Å². The summed E-state index contributed by atoms with van der Waals surface area (Å²) in [6, 6.07) is 6.71. The number of furan rings is 1. The average molecular weight is 322 g/mol. The quantitative estimate of drug-likeness (QED) is 0.854. The third kappa shape index (κ3) is 3.68. The lowest BCUT2D eigenvalue weighted by molar-refractivity contribution is -0.139. The molecule has 116 valence electrons. The molecular weight excluding hydrogens is 306 g/mol. The SMILES string of the molecule is CCCc1occc1C(=O)NC(C(=O)O)c1ccc(Cl)cc1. The van der Waals surface area contributed by atoms with E-state index in [1.54, 1.807) is 30.3 Å². The van der Waals surface area contributed by atoms with Gasteiger partial charge in [-0.2, -0.15) is 0 Å². The first-order chi connectivity index (χ1) is 10.5. The van der Waals surface area contributed by atoms with Gasteiger partial charge in [0.05, 0.1) is 11.8 Å². The zero-order chi connectivity index (χ0) is 16.1. The van der Waals surface area contributed by atoms with Crippen LogP contribution in [0.3, 0.4) is 0 Å². The van der Waals surface area contributed by atoms with Crippen molar-refractivity contribution < 1.29 is 19.1 Å². The average Bonchev–Trinajstić information content (AvgIpc) is 2.94. The second-order valence-electron chi connectivity index (χ2n) is 4.80. The molecule has 2 aromatic rings. The van der Waals surface area contributed by atoms with Crippen LogP contribution in [0.5, 0.6) is 0 Å². The number of carboxylic acids is 1. The summed E-state index contributed by atoms with van der Waals surface area (Å²) in [5.41, 5.74) is 0.813. The smallest absolute Gasteiger partial charge is 0.330 e. The number of carbonyl (C=O) groups excluding carboxylic acids is 1. The van der Waals surface area contributed by atoms with E-state index >= 15 is 0 Å². The molecule has 0 saturated heterocycles. The number of aliphatic carboxylic acids is 1. The van der Waals surface area contributed by atoms with Crippen molar-refractivity contribution in [2.75, 3.05) is 0 Å². The molecule has 2 rings (SSSR count). The van der Waals surface area contributed by atoms with Gasteiger partial charge < -0.3 is 14.8 Å². The number of benzene rings is 1. The van der Waals surface area contributed by atoms with Gasteiger partial charge in [0.1, 0.15) is 5.76 Å². The number of amides is 1. The lowest BCUT2D eigenvalue weighted by Crippen LogP contribution is -2.34. The highest BCUT2D eigenvalue weighted by molar-refractivity contribution is 6.30. The Bertz CT molecular complexity index is 663. The summed E-state index contributed by atoms with van der Waals surface area (Å²) < 4.78 is 5.26. The molecule has 1 atom stereocenters. The van der Waals surface area contributed by atoms with Gasteiger partial charge in [-0.25, -0.2) is 4.79 Å². The molecule has 5 nitrogen and oxygen atoms in total. The van der Waals surface area contributed by atoms with E-state index in [0.717, 1.165) is 6.42 Å². The zero-order valence-electron chi connectivity index (χ0n) is 12.0. The lowest BCUT2D eigenvalue weighted by Gasteiger charge is -2.15. The maximum Gasteiger partial charge on any atom is 0.330 e. The molecule has 2 N–H and O–H groups in total. The maximum absolute atomic E-state index is 12.3. The van der Waals surface area contributed by atoms with Gasteiger partial charge in [-0.05, 0) is 30.2 Å². The first-order valence-electron chi connectivity index (χ1n) is 6.88. The molecule has 0 radical (unpaired) electrons. The first-order valence-corrected chi connectivity index (χ1v) is 7.26. The molecule has 1 aromatic carbocycles. The Morgan fingerprint density at radius 1 is 1.27 bits per heavy atom. The largest absolute Gasteiger partial charge is 0.479 e. The van der Waals surface area contributed by atoms with Crippen molar-refractivity contribution in [3.05, 3.63) is 58.5 Å². The summed E-state index contributed by atoms with van der Waals surface area (Å²) >= 11 is 5.79. The van der Waals surface area contributed by atoms with E-state index in [-0.39, 0.29) is 0 Å². The fourth-order valence-electron chi connectivity index (χ4n) is 2.12. The number of carbonyl (C=O) groups is 2. The first kappa shape index (κ1) is 16.1. The topological polar surface area (TPSA) is 79.5 Å². The molecule has 0 saturated carbocycles. The van der Waals surface area contributed by atoms with Crippen LogP contribution >= 0.6 is 11.6 Å². The monoisotopic (exact) mass is 321 g/mol. The van der Waals surface area contributed by atoms with Crippen molar-refractivity contribution in [2.24, 2.45) is 0 Å². The molecule has 1 aromatic heterocycles. The molecule has 0 fully saturated rings. The lowest BCUT2D eigenvalue weighted by atomic mass is 10.1. The van der Waals surface area contributed by atoms with Crippen LogP contribution in [0.4, 0.5) is 0 Å². The summed E-state index contributed by atoms with van der Waals surface area (Å²) in [4.78, 5) is 23.7. The Labute approximate surface area is 132 Å². The highest BCUT2D eigenvalue weighted by atomic mass is 35.5. The number of aryl methyl sites for hydroxylation is 1. The van der Waals surface area contributed by atoms with Gasteiger partial charge in [-0.1, -0.05) is 30.7 Å². The van der Waals surface area contributed by atoms with Crippen molar-refractivity contribution in [1.82, 2.24) is 5.32 Å². The molecule has 0 aliphatic heterocycles. The molecule has 0 aliphatic rings. The third-order valence-corrected chi connectivity index (χ3v) is 3.44. The van der Waals surface area contributed by atoms with E-state index < -0.39 is 17.9 Å². The summed E-state index contributed by atoms with van der Waals surface area (Å²) in [5.74, 6) is -1.06. The number of halogens is 1. The van der Waals surface area contributed by atoms with Crippen LogP contribution in [0.2, 0.25) is 5.02 Å². The number of rotatable bonds is 6. The van der Waals surface area contributed by atoms with Crippen LogP contribution in [0.15, 0.2) is 41.0 Å². The van der Waals surface area contributed by atoms with Crippen LogP contribution in [-0.2, 0) is 11.2 Å². The Morgan fingerprint density at radius 3 is 2.55 bits per heavy atom. The van der Waals surface area contributed by atoms with Crippen molar-refractivity contribution in [3.8, 4) is 0 Å². The van der Waals surface area contributed by atoms with E-state index in [4.69, 9.17) is 16.0 Å². The highest BCUT2D eigenvalue weighted by Gasteiger charge is 2.24. The molecule has 1 heterocycles. The summed E-state index contributed by atoms with van der Waals surface area (Å²) in [6.45, 7) is 1.97. The minimum atomic E-state index is -1.14. The van der Waals surface area contributed by atoms with E-state index in [1.807, 2.05) is 6.92 Å². The van der Waals surface area contributed by atoms with Crippen molar-refractivity contribution >= 4 is 23.5 Å². The van der Waals surface area contributed by atoms with Crippen LogP contribution in [0, 0.1) is 0 Å². The van der Waals surface area contributed by atoms with Gasteiger partial charge in [0, 0.05) is 11.4 Å². The number of carboxylic acid groups (broad SMARTS) is 1. The molecular formula is C16H16ClNO4. The Hall–Kier alpha value is -2.27. The summed E-state index contributed by atoms with van der Waals surface area (Å²) in [5, 5.41) is 12.4. The molecule has 1 amide bonds. The fraction of sp³-hybridized carbons (Fsp3) is 0.250. The molecule has 0 aliphatic carbocycles. The summed E-state index contributed by atoms with van der Waals surface area (Å²) in [7, 11) is 0. The number of nitrogens with one attached hydrogen (secondary N) is 1. The zero-order valence-corrected chi connectivity index (χ0v) is 12.8. The molecule has 0 spiro atoms. The fourth-order valence-corrected chi connectivity index (χ4v) is 2.24. The second kappa shape index (κ2) is 7.13. The molecule has 0 bridgehead atoms. The Balaban J connectivity index is 2.20. The van der Waals surface area contributed by atoms with E-state index in [2.05, 4.69) is 5.32 Å².